The highest BCUT2D eigenvalue weighted by atomic mass is 32.2. The fourth-order valence-electron chi connectivity index (χ4n) is 2.70. The average Bonchev–Trinajstić information content (AvgIpc) is 2.79. The average molecular weight is 440 g/mol. The summed E-state index contributed by atoms with van der Waals surface area (Å²) in [6.07, 6.45) is 0. The zero-order valence-corrected chi connectivity index (χ0v) is 18.2. The lowest BCUT2D eigenvalue weighted by Gasteiger charge is -2.12. The molecule has 0 aliphatic heterocycles. The lowest BCUT2D eigenvalue weighted by Crippen LogP contribution is -2.22. The number of oxime groups is 1. The van der Waals surface area contributed by atoms with E-state index in [2.05, 4.69) is 5.16 Å². The van der Waals surface area contributed by atoms with Gasteiger partial charge in [0.1, 0.15) is 19.0 Å². The van der Waals surface area contributed by atoms with Gasteiger partial charge in [-0.15, -0.1) is 0 Å². The molecular formula is C23H25N3O4S. The Hall–Kier alpha value is -3.36. The number of rotatable bonds is 9. The second-order valence-corrected chi connectivity index (χ2v) is 9.14. The molecule has 0 unspecified atom stereocenters. The second-order valence-electron chi connectivity index (χ2n) is 6.98. The van der Waals surface area contributed by atoms with Crippen LogP contribution in [-0.4, -0.2) is 32.7 Å². The van der Waals surface area contributed by atoms with Crippen molar-refractivity contribution in [3.63, 3.8) is 0 Å². The summed E-state index contributed by atoms with van der Waals surface area (Å²) in [5.41, 5.74) is 8.44. The van der Waals surface area contributed by atoms with Crippen LogP contribution in [0.2, 0.25) is 0 Å². The number of amidine groups is 1. The van der Waals surface area contributed by atoms with E-state index in [9.17, 15) is 8.42 Å². The summed E-state index contributed by atoms with van der Waals surface area (Å²) < 4.78 is 31.4. The Kier molecular flexibility index (Phi) is 7.28. The summed E-state index contributed by atoms with van der Waals surface area (Å²) in [6, 6.07) is 23.7. The quantitative estimate of drug-likeness (QED) is 0.313. The van der Waals surface area contributed by atoms with Crippen LogP contribution >= 0.6 is 0 Å². The number of nitrogens with two attached hydrogens (primary N) is 1. The first-order valence-corrected chi connectivity index (χ1v) is 11.0. The summed E-state index contributed by atoms with van der Waals surface area (Å²) in [4.78, 5) is 5.52. The van der Waals surface area contributed by atoms with Gasteiger partial charge in [-0.25, -0.2) is 12.7 Å². The maximum Gasteiger partial charge on any atom is 0.242 e. The Morgan fingerprint density at radius 2 is 1.58 bits per heavy atom. The van der Waals surface area contributed by atoms with Crippen LogP contribution in [0.1, 0.15) is 16.7 Å². The third-order valence-corrected chi connectivity index (χ3v) is 6.28. The summed E-state index contributed by atoms with van der Waals surface area (Å²) in [5, 5.41) is 3.93. The van der Waals surface area contributed by atoms with Crippen molar-refractivity contribution in [1.29, 1.82) is 0 Å². The van der Waals surface area contributed by atoms with Crippen molar-refractivity contribution in [1.82, 2.24) is 4.31 Å². The minimum Gasteiger partial charge on any atom is -0.489 e. The van der Waals surface area contributed by atoms with Gasteiger partial charge in [0.25, 0.3) is 0 Å². The summed E-state index contributed by atoms with van der Waals surface area (Å²) in [6.45, 7) is 0.575. The predicted molar refractivity (Wildman–Crippen MR) is 120 cm³/mol. The molecule has 0 fully saturated rings. The van der Waals surface area contributed by atoms with E-state index in [0.717, 1.165) is 15.6 Å². The molecule has 0 aromatic heterocycles. The van der Waals surface area contributed by atoms with E-state index in [1.165, 1.54) is 20.2 Å². The van der Waals surface area contributed by atoms with Crippen molar-refractivity contribution >= 4 is 15.9 Å². The maximum absolute atomic E-state index is 12.2. The van der Waals surface area contributed by atoms with Crippen molar-refractivity contribution in [2.75, 3.05) is 14.1 Å². The minimum atomic E-state index is -3.51. The van der Waals surface area contributed by atoms with E-state index in [4.69, 9.17) is 15.3 Å². The third-order valence-electron chi connectivity index (χ3n) is 4.47. The van der Waals surface area contributed by atoms with Crippen LogP contribution in [-0.2, 0) is 28.1 Å². The number of hydrogen-bond donors (Lipinski definition) is 1. The molecule has 3 aromatic carbocycles. The molecule has 0 saturated carbocycles. The number of ether oxygens (including phenoxy) is 1. The van der Waals surface area contributed by atoms with Gasteiger partial charge in [0, 0.05) is 19.7 Å². The first-order chi connectivity index (χ1) is 14.9. The molecule has 0 saturated heterocycles. The Bertz CT molecular complexity index is 1130. The Morgan fingerprint density at radius 1 is 0.903 bits per heavy atom. The van der Waals surface area contributed by atoms with Crippen molar-refractivity contribution in [3.8, 4) is 5.75 Å². The summed E-state index contributed by atoms with van der Waals surface area (Å²) in [7, 11) is -0.530. The number of sulfonamides is 1. The van der Waals surface area contributed by atoms with Crippen molar-refractivity contribution < 1.29 is 18.0 Å². The molecule has 2 N–H and O–H groups in total. The maximum atomic E-state index is 12.2. The van der Waals surface area contributed by atoms with Gasteiger partial charge < -0.3 is 15.3 Å². The van der Waals surface area contributed by atoms with E-state index >= 15 is 0 Å². The summed E-state index contributed by atoms with van der Waals surface area (Å²) >= 11 is 0. The molecule has 0 aliphatic carbocycles. The fraction of sp³-hybridized carbons (Fsp3) is 0.174. The zero-order valence-electron chi connectivity index (χ0n) is 17.4. The predicted octanol–water partition coefficient (Wildman–Crippen LogP) is 3.35. The van der Waals surface area contributed by atoms with Gasteiger partial charge >= 0.3 is 0 Å². The highest BCUT2D eigenvalue weighted by Gasteiger charge is 2.17. The van der Waals surface area contributed by atoms with Gasteiger partial charge in [-0.2, -0.15) is 0 Å². The molecule has 0 aliphatic rings. The Morgan fingerprint density at radius 3 is 2.26 bits per heavy atom. The largest absolute Gasteiger partial charge is 0.489 e. The molecule has 0 spiro atoms. The molecule has 3 aromatic rings. The van der Waals surface area contributed by atoms with Crippen LogP contribution in [0.4, 0.5) is 0 Å². The van der Waals surface area contributed by atoms with Crippen LogP contribution in [0.3, 0.4) is 0 Å². The van der Waals surface area contributed by atoms with Gasteiger partial charge in [-0.05, 0) is 47.5 Å². The molecular weight excluding hydrogens is 414 g/mol. The molecule has 0 heterocycles. The minimum absolute atomic E-state index is 0.0930. The van der Waals surface area contributed by atoms with Gasteiger partial charge in [0.2, 0.25) is 10.0 Å². The molecule has 7 nitrogen and oxygen atoms in total. The molecule has 162 valence electrons. The molecule has 0 atom stereocenters. The lowest BCUT2D eigenvalue weighted by atomic mass is 10.2. The van der Waals surface area contributed by atoms with Crippen LogP contribution in [0.5, 0.6) is 5.75 Å². The smallest absolute Gasteiger partial charge is 0.242 e. The number of benzene rings is 3. The SMILES string of the molecule is CN(C)S(=O)(=O)c1cccc(CO/N=C(/N)c2ccc(OCc3ccccc3)cc2)c1. The van der Waals surface area contributed by atoms with Crippen LogP contribution in [0.25, 0.3) is 0 Å². The van der Waals surface area contributed by atoms with Crippen LogP contribution in [0.15, 0.2) is 88.9 Å². The van der Waals surface area contributed by atoms with Crippen LogP contribution < -0.4 is 10.5 Å². The van der Waals surface area contributed by atoms with Gasteiger partial charge in [-0.3, -0.25) is 0 Å². The molecule has 0 amide bonds. The first kappa shape index (κ1) is 22.3. The van der Waals surface area contributed by atoms with E-state index in [1.54, 1.807) is 30.3 Å². The first-order valence-electron chi connectivity index (χ1n) is 9.60. The monoisotopic (exact) mass is 439 g/mol. The van der Waals surface area contributed by atoms with Crippen LogP contribution in [0, 0.1) is 0 Å². The van der Waals surface area contributed by atoms with Gasteiger partial charge in [-0.1, -0.05) is 47.6 Å². The highest BCUT2D eigenvalue weighted by Crippen LogP contribution is 2.16. The zero-order chi connectivity index (χ0) is 22.3. The molecule has 3 rings (SSSR count). The Labute approximate surface area is 182 Å². The topological polar surface area (TPSA) is 94.2 Å². The van der Waals surface area contributed by atoms with E-state index in [1.807, 2.05) is 42.5 Å². The van der Waals surface area contributed by atoms with E-state index in [0.29, 0.717) is 17.7 Å². The number of nitrogens with zero attached hydrogens (tertiary/aromatic N) is 2. The van der Waals surface area contributed by atoms with Crippen molar-refractivity contribution in [2.24, 2.45) is 10.9 Å². The van der Waals surface area contributed by atoms with Crippen molar-refractivity contribution in [2.45, 2.75) is 18.1 Å². The fourth-order valence-corrected chi connectivity index (χ4v) is 3.67. The highest BCUT2D eigenvalue weighted by molar-refractivity contribution is 7.89. The molecule has 8 heteroatoms. The second kappa shape index (κ2) is 10.1. The molecule has 0 radical (unpaired) electrons. The Balaban J connectivity index is 1.57. The van der Waals surface area contributed by atoms with E-state index < -0.39 is 10.0 Å². The van der Waals surface area contributed by atoms with Crippen molar-refractivity contribution in [3.05, 3.63) is 95.6 Å². The summed E-state index contributed by atoms with van der Waals surface area (Å²) in [5.74, 6) is 0.937. The molecule has 31 heavy (non-hydrogen) atoms. The third kappa shape index (κ3) is 6.07. The standard InChI is InChI=1S/C23H25N3O4S/c1-26(2)31(27,28)22-10-6-9-19(15-22)17-30-25-23(24)20-11-13-21(14-12-20)29-16-18-7-4-3-5-8-18/h3-15H,16-17H2,1-2H3,(H2,24,25). The number of hydrogen-bond acceptors (Lipinski definition) is 5. The normalized spacial score (nSPS) is 12.0. The molecule has 0 bridgehead atoms. The van der Waals surface area contributed by atoms with E-state index in [-0.39, 0.29) is 17.3 Å². The van der Waals surface area contributed by atoms with Gasteiger partial charge in [0.05, 0.1) is 4.90 Å². The van der Waals surface area contributed by atoms with Gasteiger partial charge in [0.15, 0.2) is 5.84 Å². The lowest BCUT2D eigenvalue weighted by molar-refractivity contribution is 0.130.